The molecule has 230 valence electrons. The van der Waals surface area contributed by atoms with Gasteiger partial charge in [0.15, 0.2) is 0 Å². The highest BCUT2D eigenvalue weighted by Gasteiger charge is 2.22. The van der Waals surface area contributed by atoms with E-state index in [2.05, 4.69) is 191 Å². The third kappa shape index (κ3) is 4.47. The van der Waals surface area contributed by atoms with E-state index in [1.165, 1.54) is 63.9 Å². The Kier molecular flexibility index (Phi) is 6.39. The number of rotatable bonds is 5. The van der Waals surface area contributed by atoms with Crippen LogP contribution in [0.1, 0.15) is 0 Å². The van der Waals surface area contributed by atoms with E-state index in [1.807, 2.05) is 11.3 Å². The zero-order valence-corrected chi connectivity index (χ0v) is 27.4. The molecule has 0 aliphatic rings. The third-order valence-corrected chi connectivity index (χ3v) is 10.9. The maximum absolute atomic E-state index is 2.45. The largest absolute Gasteiger partial charge is 0.310 e. The number of thiophene rings is 1. The number of hydrogen-bond acceptors (Lipinski definition) is 2. The molecule has 2 nitrogen and oxygen atoms in total. The molecule has 0 fully saturated rings. The number of nitrogens with zero attached hydrogens (tertiary/aromatic N) is 2. The van der Waals surface area contributed by atoms with Crippen molar-refractivity contribution in [2.24, 2.45) is 0 Å². The minimum Gasteiger partial charge on any atom is -0.310 e. The Bertz CT molecular complexity index is 2810. The average Bonchev–Trinajstić information content (AvgIpc) is 3.71. The van der Waals surface area contributed by atoms with Crippen LogP contribution in [-0.4, -0.2) is 4.57 Å². The van der Waals surface area contributed by atoms with Crippen LogP contribution in [0.25, 0.3) is 69.6 Å². The molecular weight excluding hydrogens is 613 g/mol. The lowest BCUT2D eigenvalue weighted by Gasteiger charge is -2.28. The normalized spacial score (nSPS) is 11.7. The topological polar surface area (TPSA) is 8.17 Å². The van der Waals surface area contributed by atoms with Crippen molar-refractivity contribution in [2.45, 2.75) is 0 Å². The van der Waals surface area contributed by atoms with E-state index >= 15 is 0 Å². The summed E-state index contributed by atoms with van der Waals surface area (Å²) in [6, 6.07) is 66.2. The van der Waals surface area contributed by atoms with Crippen LogP contribution in [0.2, 0.25) is 0 Å². The molecule has 10 aromatic rings. The number of fused-ring (bicyclic) bond motifs is 8. The Balaban J connectivity index is 1.29. The maximum atomic E-state index is 2.45. The van der Waals surface area contributed by atoms with Crippen molar-refractivity contribution in [2.75, 3.05) is 4.90 Å². The second-order valence-corrected chi connectivity index (χ2v) is 13.6. The van der Waals surface area contributed by atoms with Crippen molar-refractivity contribution in [3.8, 4) is 16.8 Å². The Labute approximate surface area is 288 Å². The lowest BCUT2D eigenvalue weighted by atomic mass is 10.00. The molecule has 0 aliphatic carbocycles. The highest BCUT2D eigenvalue weighted by molar-refractivity contribution is 7.25. The second kappa shape index (κ2) is 11.2. The van der Waals surface area contributed by atoms with Crippen molar-refractivity contribution < 1.29 is 0 Å². The third-order valence-electron chi connectivity index (χ3n) is 9.76. The molecule has 0 radical (unpaired) electrons. The van der Waals surface area contributed by atoms with Crippen LogP contribution in [-0.2, 0) is 0 Å². The van der Waals surface area contributed by atoms with Gasteiger partial charge in [0, 0.05) is 53.4 Å². The van der Waals surface area contributed by atoms with Crippen molar-refractivity contribution in [3.05, 3.63) is 182 Å². The summed E-state index contributed by atoms with van der Waals surface area (Å²) in [5.74, 6) is 0. The zero-order valence-electron chi connectivity index (χ0n) is 26.6. The minimum absolute atomic E-state index is 1.12. The van der Waals surface area contributed by atoms with Crippen LogP contribution >= 0.6 is 11.3 Å². The van der Waals surface area contributed by atoms with E-state index < -0.39 is 0 Å². The monoisotopic (exact) mass is 642 g/mol. The zero-order chi connectivity index (χ0) is 32.3. The van der Waals surface area contributed by atoms with Crippen molar-refractivity contribution in [1.29, 1.82) is 0 Å². The first-order chi connectivity index (χ1) is 24.3. The van der Waals surface area contributed by atoms with Gasteiger partial charge in [0.05, 0.1) is 16.7 Å². The first-order valence-electron chi connectivity index (χ1n) is 16.7. The Hall–Kier alpha value is -6.16. The van der Waals surface area contributed by atoms with Gasteiger partial charge in [-0.25, -0.2) is 0 Å². The van der Waals surface area contributed by atoms with Crippen LogP contribution < -0.4 is 4.90 Å². The summed E-state index contributed by atoms with van der Waals surface area (Å²) in [5.41, 5.74) is 9.36. The fourth-order valence-corrected chi connectivity index (χ4v) is 8.65. The van der Waals surface area contributed by atoms with Crippen LogP contribution in [0.5, 0.6) is 0 Å². The van der Waals surface area contributed by atoms with Crippen molar-refractivity contribution in [3.63, 3.8) is 0 Å². The summed E-state index contributed by atoms with van der Waals surface area (Å²) in [7, 11) is 0. The number of hydrogen-bond donors (Lipinski definition) is 0. The first-order valence-corrected chi connectivity index (χ1v) is 17.5. The summed E-state index contributed by atoms with van der Waals surface area (Å²) in [4.78, 5) is 2.45. The maximum Gasteiger partial charge on any atom is 0.0568 e. The molecule has 2 heterocycles. The predicted molar refractivity (Wildman–Crippen MR) is 211 cm³/mol. The van der Waals surface area contributed by atoms with E-state index in [-0.39, 0.29) is 0 Å². The molecule has 0 atom stereocenters. The van der Waals surface area contributed by atoms with Crippen LogP contribution in [0.15, 0.2) is 182 Å². The average molecular weight is 643 g/mol. The van der Waals surface area contributed by atoms with Crippen molar-refractivity contribution >= 4 is 81.1 Å². The molecule has 0 spiro atoms. The summed E-state index contributed by atoms with van der Waals surface area (Å²) >= 11 is 1.86. The lowest BCUT2D eigenvalue weighted by molar-refractivity contribution is 1.18. The summed E-state index contributed by atoms with van der Waals surface area (Å²) in [5, 5.41) is 7.58. The van der Waals surface area contributed by atoms with Gasteiger partial charge in [-0.15, -0.1) is 11.3 Å². The fourth-order valence-electron chi connectivity index (χ4n) is 7.57. The van der Waals surface area contributed by atoms with Crippen LogP contribution in [0.4, 0.5) is 17.1 Å². The van der Waals surface area contributed by atoms with Gasteiger partial charge in [-0.3, -0.25) is 0 Å². The molecular formula is C46H30N2S. The quantitative estimate of drug-likeness (QED) is 0.181. The summed E-state index contributed by atoms with van der Waals surface area (Å²) in [6.07, 6.45) is 0. The second-order valence-electron chi connectivity index (χ2n) is 12.6. The van der Waals surface area contributed by atoms with E-state index in [4.69, 9.17) is 0 Å². The Morgan fingerprint density at radius 3 is 1.78 bits per heavy atom. The van der Waals surface area contributed by atoms with Gasteiger partial charge in [0.25, 0.3) is 0 Å². The lowest BCUT2D eigenvalue weighted by Crippen LogP contribution is -2.11. The molecule has 2 aromatic heterocycles. The van der Waals surface area contributed by atoms with E-state index in [9.17, 15) is 0 Å². The minimum atomic E-state index is 1.12. The van der Waals surface area contributed by atoms with Gasteiger partial charge in [-0.05, 0) is 77.2 Å². The van der Waals surface area contributed by atoms with Crippen molar-refractivity contribution in [1.82, 2.24) is 4.57 Å². The Morgan fingerprint density at radius 1 is 0.388 bits per heavy atom. The van der Waals surface area contributed by atoms with Gasteiger partial charge < -0.3 is 9.47 Å². The standard InChI is InChI=1S/C46H30N2S/c1-3-13-31(14-4-1)32-23-25-34(26-24-32)47(35-27-28-45-40(29-35)37-18-10-12-22-44(37)49-45)42-30-43-46(38-19-8-7-17-36(38)42)39-20-9-11-21-41(39)48(43)33-15-5-2-6-16-33/h1-30H. The number of para-hydroxylation sites is 2. The van der Waals surface area contributed by atoms with Gasteiger partial charge >= 0.3 is 0 Å². The molecule has 0 amide bonds. The molecule has 0 saturated carbocycles. The molecule has 0 saturated heterocycles. The molecule has 3 heteroatoms. The van der Waals surface area contributed by atoms with E-state index in [0.29, 0.717) is 0 Å². The van der Waals surface area contributed by atoms with E-state index in [0.717, 1.165) is 22.7 Å². The molecule has 8 aromatic carbocycles. The molecule has 10 rings (SSSR count). The van der Waals surface area contributed by atoms with Crippen LogP contribution in [0.3, 0.4) is 0 Å². The molecule has 49 heavy (non-hydrogen) atoms. The SMILES string of the molecule is c1ccc(-c2ccc(N(c3ccc4sc5ccccc5c4c3)c3cc4c(c5ccccc35)c3ccccc3n4-c3ccccc3)cc2)cc1. The van der Waals surface area contributed by atoms with Gasteiger partial charge in [-0.2, -0.15) is 0 Å². The van der Waals surface area contributed by atoms with Gasteiger partial charge in [0.1, 0.15) is 0 Å². The molecule has 0 bridgehead atoms. The smallest absolute Gasteiger partial charge is 0.0568 e. The highest BCUT2D eigenvalue weighted by Crippen LogP contribution is 2.47. The predicted octanol–water partition coefficient (Wildman–Crippen LogP) is 13.4. The van der Waals surface area contributed by atoms with Crippen LogP contribution in [0, 0.1) is 0 Å². The van der Waals surface area contributed by atoms with Gasteiger partial charge in [-0.1, -0.05) is 121 Å². The van der Waals surface area contributed by atoms with E-state index in [1.54, 1.807) is 0 Å². The Morgan fingerprint density at radius 2 is 0.980 bits per heavy atom. The molecule has 0 N–H and O–H groups in total. The molecule has 0 aliphatic heterocycles. The fraction of sp³-hybridized carbons (Fsp3) is 0. The summed E-state index contributed by atoms with van der Waals surface area (Å²) < 4.78 is 5.04. The number of anilines is 3. The number of aromatic nitrogens is 1. The summed E-state index contributed by atoms with van der Waals surface area (Å²) in [6.45, 7) is 0. The number of benzene rings is 8. The van der Waals surface area contributed by atoms with Gasteiger partial charge in [0.2, 0.25) is 0 Å². The molecule has 0 unspecified atom stereocenters. The highest BCUT2D eigenvalue weighted by atomic mass is 32.1. The first kappa shape index (κ1) is 27.9.